The number of sulfone groups is 1. The summed E-state index contributed by atoms with van der Waals surface area (Å²) in [6, 6.07) is 11.0. The van der Waals surface area contributed by atoms with Gasteiger partial charge in [0.1, 0.15) is 11.8 Å². The van der Waals surface area contributed by atoms with E-state index in [0.29, 0.717) is 22.5 Å². The Morgan fingerprint density at radius 1 is 1.16 bits per heavy atom. The molecule has 0 radical (unpaired) electrons. The van der Waals surface area contributed by atoms with Gasteiger partial charge in [-0.15, -0.1) is 0 Å². The van der Waals surface area contributed by atoms with Gasteiger partial charge >= 0.3 is 0 Å². The third-order valence-corrected chi connectivity index (χ3v) is 5.93. The number of nitrogens with one attached hydrogen (secondary N) is 1. The normalized spacial score (nSPS) is 12.3. The number of rotatable bonds is 8. The lowest BCUT2D eigenvalue weighted by atomic mass is 10.0. The molecule has 10 heteroatoms. The molecule has 3 rings (SSSR count). The summed E-state index contributed by atoms with van der Waals surface area (Å²) in [5.74, 6) is -1.20. The minimum absolute atomic E-state index is 0.115. The van der Waals surface area contributed by atoms with Crippen molar-refractivity contribution < 1.29 is 17.7 Å². The summed E-state index contributed by atoms with van der Waals surface area (Å²) in [7, 11) is -3.71. The first kappa shape index (κ1) is 22.1. The van der Waals surface area contributed by atoms with E-state index in [1.165, 1.54) is 12.1 Å². The summed E-state index contributed by atoms with van der Waals surface area (Å²) in [5, 5.41) is 15.5. The van der Waals surface area contributed by atoms with Crippen LogP contribution in [0.25, 0.3) is 11.4 Å². The summed E-state index contributed by atoms with van der Waals surface area (Å²) in [6.07, 6.45) is 3.21. The SMILES string of the molecule is CC(C)C(NC(=O)CS(=O)(=O)Cc1ccc(C#N)cc1)c1nc(-c2ccncc2)no1. The minimum Gasteiger partial charge on any atom is -0.343 e. The third kappa shape index (κ3) is 5.96. The van der Waals surface area contributed by atoms with Crippen LogP contribution in [-0.4, -0.2) is 35.2 Å². The first-order valence-corrected chi connectivity index (χ1v) is 11.3. The van der Waals surface area contributed by atoms with Gasteiger partial charge in [-0.3, -0.25) is 9.78 Å². The Labute approximate surface area is 180 Å². The number of amides is 1. The van der Waals surface area contributed by atoms with Gasteiger partial charge < -0.3 is 9.84 Å². The van der Waals surface area contributed by atoms with Crippen molar-refractivity contribution >= 4 is 15.7 Å². The summed E-state index contributed by atoms with van der Waals surface area (Å²) in [4.78, 5) is 20.8. The fraction of sp³-hybridized carbons (Fsp3) is 0.286. The van der Waals surface area contributed by atoms with E-state index in [1.807, 2.05) is 19.9 Å². The Morgan fingerprint density at radius 3 is 2.45 bits per heavy atom. The molecule has 1 atom stereocenters. The van der Waals surface area contributed by atoms with Crippen molar-refractivity contribution in [1.82, 2.24) is 20.4 Å². The molecule has 3 aromatic rings. The molecule has 0 aliphatic carbocycles. The van der Waals surface area contributed by atoms with Crippen LogP contribution in [0.2, 0.25) is 0 Å². The van der Waals surface area contributed by atoms with E-state index in [1.54, 1.807) is 36.7 Å². The number of benzene rings is 1. The molecule has 0 saturated carbocycles. The van der Waals surface area contributed by atoms with Crippen molar-refractivity contribution in [2.45, 2.75) is 25.6 Å². The van der Waals surface area contributed by atoms with Crippen LogP contribution in [0.5, 0.6) is 0 Å². The van der Waals surface area contributed by atoms with Crippen LogP contribution in [0.1, 0.15) is 36.9 Å². The average Bonchev–Trinajstić information content (AvgIpc) is 3.22. The van der Waals surface area contributed by atoms with Crippen molar-refractivity contribution in [2.75, 3.05) is 5.75 Å². The van der Waals surface area contributed by atoms with Crippen LogP contribution >= 0.6 is 0 Å². The lowest BCUT2D eigenvalue weighted by molar-refractivity contribution is -0.119. The fourth-order valence-corrected chi connectivity index (χ4v) is 4.17. The number of carbonyl (C=O) groups is 1. The van der Waals surface area contributed by atoms with E-state index in [9.17, 15) is 13.2 Å². The second-order valence-electron chi connectivity index (χ2n) is 7.32. The Hall–Kier alpha value is -3.58. The van der Waals surface area contributed by atoms with Crippen LogP contribution in [0.15, 0.2) is 53.3 Å². The molecule has 0 saturated heterocycles. The van der Waals surface area contributed by atoms with Crippen molar-refractivity contribution in [2.24, 2.45) is 5.92 Å². The molecule has 2 aromatic heterocycles. The lowest BCUT2D eigenvalue weighted by Crippen LogP contribution is -2.36. The quantitative estimate of drug-likeness (QED) is 0.564. The molecule has 2 heterocycles. The second-order valence-corrected chi connectivity index (χ2v) is 9.39. The van der Waals surface area contributed by atoms with E-state index >= 15 is 0 Å². The van der Waals surface area contributed by atoms with Gasteiger partial charge in [-0.2, -0.15) is 10.2 Å². The van der Waals surface area contributed by atoms with Crippen LogP contribution in [-0.2, 0) is 20.4 Å². The zero-order valence-corrected chi connectivity index (χ0v) is 17.8. The first-order chi connectivity index (χ1) is 14.8. The average molecular weight is 439 g/mol. The predicted molar refractivity (Wildman–Crippen MR) is 112 cm³/mol. The van der Waals surface area contributed by atoms with Crippen LogP contribution < -0.4 is 5.32 Å². The van der Waals surface area contributed by atoms with Crippen LogP contribution in [0, 0.1) is 17.2 Å². The van der Waals surface area contributed by atoms with E-state index in [4.69, 9.17) is 9.78 Å². The number of hydrogen-bond donors (Lipinski definition) is 1. The molecular formula is C21H21N5O4S. The van der Waals surface area contributed by atoms with Gasteiger partial charge in [-0.25, -0.2) is 8.42 Å². The maximum atomic E-state index is 12.5. The monoisotopic (exact) mass is 439 g/mol. The Bertz CT molecular complexity index is 1180. The molecule has 1 aromatic carbocycles. The van der Waals surface area contributed by atoms with Gasteiger partial charge in [-0.05, 0) is 35.7 Å². The van der Waals surface area contributed by atoms with E-state index in [0.717, 1.165) is 0 Å². The number of nitrogens with zero attached hydrogens (tertiary/aromatic N) is 4. The topological polar surface area (TPSA) is 139 Å². The smallest absolute Gasteiger partial charge is 0.249 e. The summed E-state index contributed by atoms with van der Waals surface area (Å²) < 4.78 is 30.2. The number of aromatic nitrogens is 3. The van der Waals surface area contributed by atoms with Gasteiger partial charge in [0.25, 0.3) is 0 Å². The van der Waals surface area contributed by atoms with Crippen molar-refractivity contribution in [3.63, 3.8) is 0 Å². The summed E-state index contributed by atoms with van der Waals surface area (Å²) >= 11 is 0. The van der Waals surface area contributed by atoms with Gasteiger partial charge in [0.05, 0.1) is 17.4 Å². The van der Waals surface area contributed by atoms with Crippen molar-refractivity contribution in [3.8, 4) is 17.5 Å². The van der Waals surface area contributed by atoms with E-state index < -0.39 is 27.5 Å². The molecule has 0 bridgehead atoms. The standard InChI is InChI=1S/C21H21N5O4S/c1-14(2)19(21-25-20(26-30-21)17-7-9-23-10-8-17)24-18(27)13-31(28,29)12-16-5-3-15(11-22)4-6-16/h3-10,14,19H,12-13H2,1-2H3,(H,24,27). The van der Waals surface area contributed by atoms with Gasteiger partial charge in [0, 0.05) is 18.0 Å². The molecule has 0 fully saturated rings. The molecule has 1 N–H and O–H groups in total. The van der Waals surface area contributed by atoms with E-state index in [2.05, 4.69) is 20.4 Å². The molecule has 9 nitrogen and oxygen atoms in total. The Kier molecular flexibility index (Phi) is 6.77. The van der Waals surface area contributed by atoms with Crippen molar-refractivity contribution in [3.05, 3.63) is 65.8 Å². The van der Waals surface area contributed by atoms with Crippen molar-refractivity contribution in [1.29, 1.82) is 5.26 Å². The molecule has 1 amide bonds. The molecule has 1 unspecified atom stereocenters. The second kappa shape index (κ2) is 9.49. The molecule has 31 heavy (non-hydrogen) atoms. The largest absolute Gasteiger partial charge is 0.343 e. The highest BCUT2D eigenvalue weighted by Crippen LogP contribution is 2.23. The maximum absolute atomic E-state index is 12.5. The zero-order chi connectivity index (χ0) is 22.4. The Morgan fingerprint density at radius 2 is 1.84 bits per heavy atom. The number of nitriles is 1. The molecule has 160 valence electrons. The highest BCUT2D eigenvalue weighted by molar-refractivity contribution is 7.91. The molecular weight excluding hydrogens is 418 g/mol. The first-order valence-electron chi connectivity index (χ1n) is 9.50. The number of carbonyl (C=O) groups excluding carboxylic acids is 1. The lowest BCUT2D eigenvalue weighted by Gasteiger charge is -2.18. The molecule has 0 aliphatic rings. The Balaban J connectivity index is 1.68. The maximum Gasteiger partial charge on any atom is 0.249 e. The zero-order valence-electron chi connectivity index (χ0n) is 17.0. The van der Waals surface area contributed by atoms with Gasteiger partial charge in [0.2, 0.25) is 17.6 Å². The predicted octanol–water partition coefficient (Wildman–Crippen LogP) is 2.43. The summed E-state index contributed by atoms with van der Waals surface area (Å²) in [5.41, 5.74) is 1.65. The van der Waals surface area contributed by atoms with Gasteiger partial charge in [-0.1, -0.05) is 31.1 Å². The van der Waals surface area contributed by atoms with Crippen LogP contribution in [0.4, 0.5) is 0 Å². The highest BCUT2D eigenvalue weighted by atomic mass is 32.2. The van der Waals surface area contributed by atoms with Gasteiger partial charge in [0.15, 0.2) is 9.84 Å². The molecule has 0 spiro atoms. The number of pyridine rings is 1. The van der Waals surface area contributed by atoms with Crippen LogP contribution in [0.3, 0.4) is 0 Å². The molecule has 0 aliphatic heterocycles. The fourth-order valence-electron chi connectivity index (χ4n) is 2.89. The number of hydrogen-bond acceptors (Lipinski definition) is 8. The van der Waals surface area contributed by atoms with E-state index in [-0.39, 0.29) is 17.6 Å². The summed E-state index contributed by atoms with van der Waals surface area (Å²) in [6.45, 7) is 3.71. The highest BCUT2D eigenvalue weighted by Gasteiger charge is 2.27. The third-order valence-electron chi connectivity index (χ3n) is 4.45. The minimum atomic E-state index is -3.71.